The van der Waals surface area contributed by atoms with Crippen molar-refractivity contribution in [3.05, 3.63) is 62.7 Å². The summed E-state index contributed by atoms with van der Waals surface area (Å²) in [7, 11) is 0. The van der Waals surface area contributed by atoms with E-state index in [4.69, 9.17) is 11.6 Å². The number of benzene rings is 2. The van der Waals surface area contributed by atoms with Crippen molar-refractivity contribution in [3.63, 3.8) is 0 Å². The van der Waals surface area contributed by atoms with Crippen molar-refractivity contribution < 1.29 is 23.3 Å². The lowest BCUT2D eigenvalue weighted by Crippen LogP contribution is -2.41. The quantitative estimate of drug-likeness (QED) is 0.541. The van der Waals surface area contributed by atoms with Crippen LogP contribution in [0.3, 0.4) is 0 Å². The smallest absolute Gasteiger partial charge is 0.306 e. The molecule has 2 amide bonds. The molecule has 2 heterocycles. The lowest BCUT2D eigenvalue weighted by Gasteiger charge is -2.32. The maximum Gasteiger partial charge on any atom is 0.306 e. The number of hydrogen-bond acceptors (Lipinski definition) is 4. The third kappa shape index (κ3) is 3.39. The fraction of sp³-hybridized carbons (Fsp3) is 0.300. The Morgan fingerprint density at radius 1 is 1.20 bits per heavy atom. The Labute approximate surface area is 175 Å². The second-order valence-electron chi connectivity index (χ2n) is 7.25. The van der Waals surface area contributed by atoms with Crippen LogP contribution >= 0.6 is 11.6 Å². The van der Waals surface area contributed by atoms with Gasteiger partial charge in [-0.1, -0.05) is 11.6 Å². The predicted molar refractivity (Wildman–Crippen MR) is 106 cm³/mol. The molecule has 0 aromatic heterocycles. The number of nitro groups is 1. The van der Waals surface area contributed by atoms with Crippen molar-refractivity contribution in [2.24, 2.45) is 5.92 Å². The Kier molecular flexibility index (Phi) is 5.15. The van der Waals surface area contributed by atoms with E-state index in [0.717, 1.165) is 12.1 Å². The topological polar surface area (TPSA) is 83.8 Å². The minimum atomic E-state index is -1.01. The lowest BCUT2D eigenvalue weighted by molar-refractivity contribution is -0.387. The molecule has 0 bridgehead atoms. The molecule has 0 spiro atoms. The molecule has 0 N–H and O–H groups in total. The van der Waals surface area contributed by atoms with Crippen LogP contribution < -0.4 is 9.80 Å². The van der Waals surface area contributed by atoms with E-state index < -0.39 is 40.0 Å². The highest BCUT2D eigenvalue weighted by Crippen LogP contribution is 2.37. The zero-order valence-corrected chi connectivity index (χ0v) is 16.4. The summed E-state index contributed by atoms with van der Waals surface area (Å²) < 4.78 is 28.1. The molecule has 7 nitrogen and oxygen atoms in total. The van der Waals surface area contributed by atoms with Crippen molar-refractivity contribution in [1.29, 1.82) is 0 Å². The highest BCUT2D eigenvalue weighted by atomic mass is 35.5. The van der Waals surface area contributed by atoms with Gasteiger partial charge in [0.05, 0.1) is 22.2 Å². The van der Waals surface area contributed by atoms with E-state index in [9.17, 15) is 28.5 Å². The van der Waals surface area contributed by atoms with Gasteiger partial charge in [-0.3, -0.25) is 19.7 Å². The molecule has 2 aliphatic heterocycles. The van der Waals surface area contributed by atoms with E-state index in [0.29, 0.717) is 30.0 Å². The minimum Gasteiger partial charge on any atom is -0.311 e. The van der Waals surface area contributed by atoms with E-state index in [1.165, 1.54) is 28.0 Å². The fourth-order valence-electron chi connectivity index (χ4n) is 4.01. The van der Waals surface area contributed by atoms with Gasteiger partial charge in [0.15, 0.2) is 0 Å². The lowest BCUT2D eigenvalue weighted by atomic mass is 9.98. The molecule has 10 heteroatoms. The summed E-state index contributed by atoms with van der Waals surface area (Å²) in [6.45, 7) is 0.268. The number of halogens is 3. The van der Waals surface area contributed by atoms with Gasteiger partial charge >= 0.3 is 5.69 Å². The van der Waals surface area contributed by atoms with Crippen LogP contribution in [0.4, 0.5) is 25.8 Å². The maximum atomic E-state index is 14.5. The van der Waals surface area contributed by atoms with Crippen LogP contribution in [0.1, 0.15) is 18.4 Å². The van der Waals surface area contributed by atoms with E-state index in [1.54, 1.807) is 0 Å². The first kappa shape index (κ1) is 20.2. The molecule has 2 aromatic carbocycles. The molecule has 0 saturated carbocycles. The molecule has 2 aliphatic rings. The average molecular weight is 436 g/mol. The Hall–Kier alpha value is -3.07. The number of fused-ring (bicyclic) bond motifs is 1. The van der Waals surface area contributed by atoms with Gasteiger partial charge in [-0.05, 0) is 42.7 Å². The molecule has 2 aromatic rings. The number of hydrogen-bond donors (Lipinski definition) is 0. The Morgan fingerprint density at radius 3 is 2.67 bits per heavy atom. The predicted octanol–water partition coefficient (Wildman–Crippen LogP) is 3.86. The summed E-state index contributed by atoms with van der Waals surface area (Å²) in [5.41, 5.74) is 0.0853. The van der Waals surface area contributed by atoms with Gasteiger partial charge in [0.25, 0.3) is 0 Å². The molecule has 0 aliphatic carbocycles. The van der Waals surface area contributed by atoms with Crippen LogP contribution in [0.2, 0.25) is 5.02 Å². The van der Waals surface area contributed by atoms with E-state index >= 15 is 0 Å². The normalized spacial score (nSPS) is 18.5. The first-order valence-corrected chi connectivity index (χ1v) is 9.68. The van der Waals surface area contributed by atoms with Crippen LogP contribution in [-0.2, 0) is 16.0 Å². The third-order valence-corrected chi connectivity index (χ3v) is 5.79. The van der Waals surface area contributed by atoms with Crippen LogP contribution in [0.5, 0.6) is 0 Å². The molecule has 30 heavy (non-hydrogen) atoms. The number of amides is 2. The van der Waals surface area contributed by atoms with Crippen molar-refractivity contribution in [2.45, 2.75) is 19.3 Å². The second kappa shape index (κ2) is 7.64. The Balaban J connectivity index is 1.60. The Bertz CT molecular complexity index is 1080. The molecule has 4 rings (SSSR count). The zero-order valence-electron chi connectivity index (χ0n) is 15.6. The second-order valence-corrected chi connectivity index (χ2v) is 7.66. The van der Waals surface area contributed by atoms with E-state index in [1.807, 2.05) is 0 Å². The van der Waals surface area contributed by atoms with Gasteiger partial charge in [0.1, 0.15) is 5.82 Å². The molecule has 1 fully saturated rings. The number of carbonyl (C=O) groups excluding carboxylic acids is 2. The molecule has 1 unspecified atom stereocenters. The number of rotatable bonds is 3. The molecule has 156 valence electrons. The summed E-state index contributed by atoms with van der Waals surface area (Å²) in [5.74, 6) is -3.16. The Morgan fingerprint density at radius 2 is 1.93 bits per heavy atom. The van der Waals surface area contributed by atoms with Crippen molar-refractivity contribution in [3.8, 4) is 0 Å². The number of carbonyl (C=O) groups is 2. The third-order valence-electron chi connectivity index (χ3n) is 5.43. The molecule has 1 atom stereocenters. The molecule has 0 radical (unpaired) electrons. The number of anilines is 2. The van der Waals surface area contributed by atoms with Gasteiger partial charge in [-0.15, -0.1) is 0 Å². The summed E-state index contributed by atoms with van der Waals surface area (Å²) in [6.07, 6.45) is 1.03. The van der Waals surface area contributed by atoms with Gasteiger partial charge in [-0.2, -0.15) is 4.39 Å². The van der Waals surface area contributed by atoms with Crippen molar-refractivity contribution >= 4 is 40.5 Å². The summed E-state index contributed by atoms with van der Waals surface area (Å²) in [6, 6.07) is 5.79. The van der Waals surface area contributed by atoms with Crippen LogP contribution in [0.25, 0.3) is 0 Å². The van der Waals surface area contributed by atoms with Gasteiger partial charge in [0.2, 0.25) is 17.6 Å². The fourth-order valence-corrected chi connectivity index (χ4v) is 4.26. The largest absolute Gasteiger partial charge is 0.311 e. The first-order chi connectivity index (χ1) is 14.3. The summed E-state index contributed by atoms with van der Waals surface area (Å²) >= 11 is 6.17. The zero-order chi connectivity index (χ0) is 21.6. The maximum absolute atomic E-state index is 14.5. The van der Waals surface area contributed by atoms with Crippen molar-refractivity contribution in [2.75, 3.05) is 22.9 Å². The highest BCUT2D eigenvalue weighted by molar-refractivity contribution is 6.32. The standard InChI is InChI=1S/C20H16ClF2N3O4/c21-14-4-6-16(23)19-13(14)2-1-7-24(19)20(28)11-8-18(27)25(10-11)12-3-5-15(22)17(9-12)26(29)30/h3-6,9,11H,1-2,7-8,10H2. The minimum absolute atomic E-state index is 0.0333. The SMILES string of the molecule is O=C1CC(C(=O)N2CCCc3c(Cl)ccc(F)c32)CN1c1ccc(F)c([N+](=O)[O-])c1. The average Bonchev–Trinajstić information content (AvgIpc) is 3.11. The van der Waals surface area contributed by atoms with Crippen molar-refractivity contribution in [1.82, 2.24) is 0 Å². The molecular weight excluding hydrogens is 420 g/mol. The molecular formula is C20H16ClF2N3O4. The van der Waals surface area contributed by atoms with E-state index in [2.05, 4.69) is 0 Å². The van der Waals surface area contributed by atoms with Gasteiger partial charge in [-0.25, -0.2) is 4.39 Å². The van der Waals surface area contributed by atoms with Crippen LogP contribution in [0.15, 0.2) is 30.3 Å². The summed E-state index contributed by atoms with van der Waals surface area (Å²) in [4.78, 5) is 38.3. The van der Waals surface area contributed by atoms with Crippen LogP contribution in [-0.4, -0.2) is 29.8 Å². The highest BCUT2D eigenvalue weighted by Gasteiger charge is 2.40. The number of nitrogens with zero attached hydrogens (tertiary/aromatic N) is 3. The van der Waals surface area contributed by atoms with Crippen LogP contribution in [0, 0.1) is 27.7 Å². The summed E-state index contributed by atoms with van der Waals surface area (Å²) in [5, 5.41) is 11.4. The molecule has 1 saturated heterocycles. The monoisotopic (exact) mass is 435 g/mol. The first-order valence-electron chi connectivity index (χ1n) is 9.30. The van der Waals surface area contributed by atoms with E-state index in [-0.39, 0.29) is 24.3 Å². The van der Waals surface area contributed by atoms with Gasteiger partial charge in [0, 0.05) is 30.6 Å². The number of nitro benzene ring substituents is 1. The van der Waals surface area contributed by atoms with Gasteiger partial charge < -0.3 is 9.80 Å².